The van der Waals surface area contributed by atoms with Gasteiger partial charge in [0, 0.05) is 17.5 Å². The van der Waals surface area contributed by atoms with E-state index in [1.54, 1.807) is 11.4 Å². The van der Waals surface area contributed by atoms with Crippen molar-refractivity contribution in [2.75, 3.05) is 18.5 Å². The van der Waals surface area contributed by atoms with E-state index in [2.05, 4.69) is 10.3 Å². The number of hydrogen-bond acceptors (Lipinski definition) is 7. The molecule has 9 heteroatoms. The summed E-state index contributed by atoms with van der Waals surface area (Å²) in [5, 5.41) is 5.54. The van der Waals surface area contributed by atoms with Crippen LogP contribution in [0, 0.1) is 6.92 Å². The summed E-state index contributed by atoms with van der Waals surface area (Å²) in [6.45, 7) is 2.97. The topological polar surface area (TPSA) is 86.8 Å². The summed E-state index contributed by atoms with van der Waals surface area (Å²) in [5.41, 5.74) is 2.70. The number of carbonyl (C=O) groups is 2. The van der Waals surface area contributed by atoms with E-state index in [0.717, 1.165) is 17.7 Å². The van der Waals surface area contributed by atoms with Crippen LogP contribution in [0.15, 0.2) is 41.8 Å². The largest absolute Gasteiger partial charge is 0.489 e. The minimum atomic E-state index is -0.547. The molecular formula is C23H21ClN2O5S. The zero-order valence-electron chi connectivity index (χ0n) is 17.4. The fraction of sp³-hybridized carbons (Fsp3) is 0.261. The second kappa shape index (κ2) is 10.0. The molecule has 1 N–H and O–H groups in total. The molecule has 1 amide bonds. The predicted molar refractivity (Wildman–Crippen MR) is 122 cm³/mol. The SMILES string of the molecule is Cc1ccc(NC(=O)Cc2nc(COC(=O)c3cc(Cl)c4c(c3)OCCCO4)cs2)cc1. The Labute approximate surface area is 194 Å². The molecule has 3 aromatic rings. The number of nitrogens with zero attached hydrogens (tertiary/aromatic N) is 1. The number of ether oxygens (including phenoxy) is 3. The van der Waals surface area contributed by atoms with Gasteiger partial charge >= 0.3 is 5.97 Å². The summed E-state index contributed by atoms with van der Waals surface area (Å²) >= 11 is 7.58. The minimum Gasteiger partial charge on any atom is -0.489 e. The van der Waals surface area contributed by atoms with Gasteiger partial charge < -0.3 is 19.5 Å². The fourth-order valence-electron chi connectivity index (χ4n) is 3.05. The molecule has 166 valence electrons. The Balaban J connectivity index is 1.32. The molecule has 2 heterocycles. The molecule has 0 radical (unpaired) electrons. The van der Waals surface area contributed by atoms with Crippen molar-refractivity contribution in [2.24, 2.45) is 0 Å². The molecule has 7 nitrogen and oxygen atoms in total. The van der Waals surface area contributed by atoms with E-state index >= 15 is 0 Å². The number of anilines is 1. The Hall–Kier alpha value is -3.10. The Kier molecular flexibility index (Phi) is 6.92. The molecule has 0 saturated heterocycles. The summed E-state index contributed by atoms with van der Waals surface area (Å²) < 4.78 is 16.5. The summed E-state index contributed by atoms with van der Waals surface area (Å²) in [5.74, 6) is 0.161. The third-order valence-corrected chi connectivity index (χ3v) is 5.81. The molecule has 0 saturated carbocycles. The molecule has 1 aromatic heterocycles. The van der Waals surface area contributed by atoms with Crippen LogP contribution >= 0.6 is 22.9 Å². The van der Waals surface area contributed by atoms with Crippen LogP contribution in [0.2, 0.25) is 5.02 Å². The van der Waals surface area contributed by atoms with Crippen molar-refractivity contribution in [3.05, 3.63) is 68.6 Å². The maximum absolute atomic E-state index is 12.5. The van der Waals surface area contributed by atoms with Crippen molar-refractivity contribution in [3.63, 3.8) is 0 Å². The summed E-state index contributed by atoms with van der Waals surface area (Å²) in [6, 6.07) is 10.6. The molecule has 0 fully saturated rings. The average molecular weight is 473 g/mol. The number of carbonyl (C=O) groups excluding carboxylic acids is 2. The number of rotatable bonds is 6. The number of nitrogens with one attached hydrogen (secondary N) is 1. The van der Waals surface area contributed by atoms with E-state index in [0.29, 0.717) is 40.4 Å². The standard InChI is InChI=1S/C23H21ClN2O5S/c1-14-3-5-16(6-4-14)25-20(27)11-21-26-17(13-32-21)12-31-23(28)15-9-18(24)22-19(10-15)29-7-2-8-30-22/h3-6,9-10,13H,2,7-8,11-12H2,1H3,(H,25,27). The lowest BCUT2D eigenvalue weighted by Gasteiger charge is -2.11. The smallest absolute Gasteiger partial charge is 0.338 e. The monoisotopic (exact) mass is 472 g/mol. The van der Waals surface area contributed by atoms with Crippen molar-refractivity contribution in [3.8, 4) is 11.5 Å². The van der Waals surface area contributed by atoms with Crippen LogP contribution < -0.4 is 14.8 Å². The van der Waals surface area contributed by atoms with Gasteiger partial charge in [-0.1, -0.05) is 29.3 Å². The van der Waals surface area contributed by atoms with Crippen LogP contribution in [0.1, 0.15) is 33.0 Å². The van der Waals surface area contributed by atoms with Gasteiger partial charge in [0.15, 0.2) is 11.5 Å². The predicted octanol–water partition coefficient (Wildman–Crippen LogP) is 4.80. The Bertz CT molecular complexity index is 1130. The molecule has 2 aromatic carbocycles. The van der Waals surface area contributed by atoms with Crippen LogP contribution in [0.3, 0.4) is 0 Å². The van der Waals surface area contributed by atoms with Crippen LogP contribution in [-0.4, -0.2) is 30.1 Å². The molecule has 0 aliphatic carbocycles. The third-order valence-electron chi connectivity index (χ3n) is 4.64. The van der Waals surface area contributed by atoms with Gasteiger partial charge in [0.1, 0.15) is 11.6 Å². The van der Waals surface area contributed by atoms with Crippen LogP contribution in [0.25, 0.3) is 0 Å². The van der Waals surface area contributed by atoms with Crippen LogP contribution in [0.5, 0.6) is 11.5 Å². The highest BCUT2D eigenvalue weighted by Gasteiger charge is 2.19. The number of fused-ring (bicyclic) bond motifs is 1. The maximum Gasteiger partial charge on any atom is 0.338 e. The zero-order chi connectivity index (χ0) is 22.5. The first kappa shape index (κ1) is 22.1. The second-order valence-electron chi connectivity index (χ2n) is 7.24. The first-order valence-electron chi connectivity index (χ1n) is 10.0. The molecule has 32 heavy (non-hydrogen) atoms. The number of esters is 1. The van der Waals surface area contributed by atoms with Gasteiger partial charge in [-0.2, -0.15) is 0 Å². The van der Waals surface area contributed by atoms with E-state index in [-0.39, 0.29) is 24.5 Å². The van der Waals surface area contributed by atoms with Crippen molar-refractivity contribution < 1.29 is 23.8 Å². The summed E-state index contributed by atoms with van der Waals surface area (Å²) in [7, 11) is 0. The Morgan fingerprint density at radius 3 is 2.78 bits per heavy atom. The number of benzene rings is 2. The van der Waals surface area contributed by atoms with E-state index < -0.39 is 5.97 Å². The molecule has 0 spiro atoms. The average Bonchev–Trinajstić information content (AvgIpc) is 3.07. The van der Waals surface area contributed by atoms with Gasteiger partial charge in [-0.25, -0.2) is 9.78 Å². The molecule has 1 aliphatic heterocycles. The zero-order valence-corrected chi connectivity index (χ0v) is 18.9. The molecule has 0 bridgehead atoms. The lowest BCUT2D eigenvalue weighted by atomic mass is 10.2. The highest BCUT2D eigenvalue weighted by Crippen LogP contribution is 2.38. The van der Waals surface area contributed by atoms with Crippen molar-refractivity contribution in [1.82, 2.24) is 4.98 Å². The maximum atomic E-state index is 12.5. The number of amides is 1. The first-order valence-corrected chi connectivity index (χ1v) is 11.3. The van der Waals surface area contributed by atoms with Crippen molar-refractivity contribution in [1.29, 1.82) is 0 Å². The van der Waals surface area contributed by atoms with Crippen molar-refractivity contribution >= 4 is 40.5 Å². The Morgan fingerprint density at radius 1 is 1.19 bits per heavy atom. The second-order valence-corrected chi connectivity index (χ2v) is 8.59. The van der Waals surface area contributed by atoms with E-state index in [4.69, 9.17) is 25.8 Å². The number of hydrogen-bond donors (Lipinski definition) is 1. The van der Waals surface area contributed by atoms with Gasteiger partial charge in [-0.05, 0) is 31.2 Å². The highest BCUT2D eigenvalue weighted by molar-refractivity contribution is 7.09. The minimum absolute atomic E-state index is 0.0129. The number of thiazole rings is 1. The molecule has 0 atom stereocenters. The summed E-state index contributed by atoms with van der Waals surface area (Å²) in [6.07, 6.45) is 0.879. The third kappa shape index (κ3) is 5.57. The molecule has 0 unspecified atom stereocenters. The van der Waals surface area contributed by atoms with E-state index in [9.17, 15) is 9.59 Å². The molecule has 4 rings (SSSR count). The lowest BCUT2D eigenvalue weighted by molar-refractivity contribution is -0.115. The van der Waals surface area contributed by atoms with Gasteiger partial charge in [0.2, 0.25) is 5.91 Å². The van der Waals surface area contributed by atoms with Crippen LogP contribution in [-0.2, 0) is 22.6 Å². The number of aromatic nitrogens is 1. The molecular weight excluding hydrogens is 452 g/mol. The highest BCUT2D eigenvalue weighted by atomic mass is 35.5. The first-order chi connectivity index (χ1) is 15.5. The van der Waals surface area contributed by atoms with Gasteiger partial charge in [0.05, 0.1) is 35.9 Å². The van der Waals surface area contributed by atoms with Crippen LogP contribution in [0.4, 0.5) is 5.69 Å². The van der Waals surface area contributed by atoms with Gasteiger partial charge in [-0.15, -0.1) is 11.3 Å². The number of aryl methyl sites for hydroxylation is 1. The Morgan fingerprint density at radius 2 is 1.97 bits per heavy atom. The fourth-order valence-corrected chi connectivity index (χ4v) is 4.09. The van der Waals surface area contributed by atoms with Crippen molar-refractivity contribution in [2.45, 2.75) is 26.4 Å². The number of halogens is 1. The van der Waals surface area contributed by atoms with E-state index in [1.807, 2.05) is 31.2 Å². The summed E-state index contributed by atoms with van der Waals surface area (Å²) in [4.78, 5) is 29.1. The van der Waals surface area contributed by atoms with Gasteiger partial charge in [-0.3, -0.25) is 4.79 Å². The van der Waals surface area contributed by atoms with E-state index in [1.165, 1.54) is 17.4 Å². The quantitative estimate of drug-likeness (QED) is 0.518. The van der Waals surface area contributed by atoms with Gasteiger partial charge in [0.25, 0.3) is 0 Å². The normalized spacial score (nSPS) is 12.7. The lowest BCUT2D eigenvalue weighted by Crippen LogP contribution is -2.14. The molecule has 1 aliphatic rings.